The number of likely N-dealkylation sites (N-methyl/N-ethyl adjacent to an activating group) is 1. The van der Waals surface area contributed by atoms with Crippen LogP contribution in [0.3, 0.4) is 0 Å². The van der Waals surface area contributed by atoms with Gasteiger partial charge in [0.15, 0.2) is 0 Å². The second kappa shape index (κ2) is 7.50. The number of benzene rings is 1. The van der Waals surface area contributed by atoms with Crippen LogP contribution in [0, 0.1) is 6.92 Å². The van der Waals surface area contributed by atoms with Gasteiger partial charge in [0.1, 0.15) is 0 Å². The molecule has 0 saturated carbocycles. The van der Waals surface area contributed by atoms with E-state index in [2.05, 4.69) is 5.32 Å². The number of amides is 2. The molecular weight excluding hydrogens is 228 g/mol. The first-order chi connectivity index (χ1) is 8.69. The zero-order valence-corrected chi connectivity index (χ0v) is 10.9. The zero-order chi connectivity index (χ0) is 13.4. The fourth-order valence-corrected chi connectivity index (χ4v) is 1.59. The lowest BCUT2D eigenvalue weighted by Crippen LogP contribution is -2.39. The minimum Gasteiger partial charge on any atom is -0.395 e. The molecule has 0 radical (unpaired) electrons. The number of aliphatic hydroxyl groups excluding tert-OH is 1. The lowest BCUT2D eigenvalue weighted by atomic mass is 10.1. The minimum absolute atomic E-state index is 0.0250. The second-order valence-electron chi connectivity index (χ2n) is 3.94. The van der Waals surface area contributed by atoms with Crippen molar-refractivity contribution in [3.8, 4) is 0 Å². The Kier molecular flexibility index (Phi) is 5.94. The van der Waals surface area contributed by atoms with Crippen LogP contribution in [0.2, 0.25) is 0 Å². The topological polar surface area (TPSA) is 52.6 Å². The molecule has 0 fully saturated rings. The smallest absolute Gasteiger partial charge is 0.321 e. The Bertz CT molecular complexity index is 416. The number of urea groups is 1. The predicted molar refractivity (Wildman–Crippen MR) is 73.1 cm³/mol. The molecule has 0 aliphatic heterocycles. The maximum Gasteiger partial charge on any atom is 0.321 e. The van der Waals surface area contributed by atoms with E-state index in [-0.39, 0.29) is 12.6 Å². The maximum atomic E-state index is 11.7. The molecule has 0 aliphatic carbocycles. The molecule has 0 atom stereocenters. The van der Waals surface area contributed by atoms with Gasteiger partial charge in [0.2, 0.25) is 0 Å². The van der Waals surface area contributed by atoms with Gasteiger partial charge in [-0.25, -0.2) is 4.79 Å². The predicted octanol–water partition coefficient (Wildman–Crippen LogP) is 1.99. The second-order valence-corrected chi connectivity index (χ2v) is 3.94. The van der Waals surface area contributed by atoms with Crippen molar-refractivity contribution < 1.29 is 9.90 Å². The normalized spacial score (nSPS) is 10.6. The van der Waals surface area contributed by atoms with E-state index in [9.17, 15) is 4.79 Å². The number of carbonyl (C=O) groups is 1. The van der Waals surface area contributed by atoms with Crippen LogP contribution in [0.1, 0.15) is 18.1 Å². The maximum absolute atomic E-state index is 11.7. The van der Waals surface area contributed by atoms with Crippen LogP contribution in [-0.2, 0) is 0 Å². The highest BCUT2D eigenvalue weighted by Gasteiger charge is 2.07. The SMILES string of the molecule is CCN(CCO)C(=O)N/C=C/c1ccccc1C. The van der Waals surface area contributed by atoms with E-state index in [4.69, 9.17) is 5.11 Å². The van der Waals surface area contributed by atoms with Crippen LogP contribution < -0.4 is 5.32 Å². The number of hydrogen-bond donors (Lipinski definition) is 2. The quantitative estimate of drug-likeness (QED) is 0.837. The summed E-state index contributed by atoms with van der Waals surface area (Å²) in [6.45, 7) is 4.79. The third-order valence-corrected chi connectivity index (χ3v) is 2.70. The molecule has 4 nitrogen and oxygen atoms in total. The molecule has 2 N–H and O–H groups in total. The molecule has 0 heterocycles. The van der Waals surface area contributed by atoms with E-state index in [0.717, 1.165) is 11.1 Å². The van der Waals surface area contributed by atoms with Gasteiger partial charge < -0.3 is 15.3 Å². The Morgan fingerprint density at radius 1 is 1.44 bits per heavy atom. The molecule has 4 heteroatoms. The molecule has 18 heavy (non-hydrogen) atoms. The van der Waals surface area contributed by atoms with Crippen molar-refractivity contribution in [3.05, 3.63) is 41.6 Å². The molecule has 0 saturated heterocycles. The molecule has 0 spiro atoms. The summed E-state index contributed by atoms with van der Waals surface area (Å²) in [5, 5.41) is 11.5. The van der Waals surface area contributed by atoms with Crippen molar-refractivity contribution in [2.45, 2.75) is 13.8 Å². The van der Waals surface area contributed by atoms with Crippen molar-refractivity contribution in [2.75, 3.05) is 19.7 Å². The Balaban J connectivity index is 2.54. The van der Waals surface area contributed by atoms with Gasteiger partial charge in [-0.05, 0) is 31.1 Å². The Labute approximate surface area is 108 Å². The van der Waals surface area contributed by atoms with E-state index in [1.807, 2.05) is 44.2 Å². The first kappa shape index (κ1) is 14.3. The summed E-state index contributed by atoms with van der Waals surface area (Å²) < 4.78 is 0. The molecule has 98 valence electrons. The van der Waals surface area contributed by atoms with Crippen LogP contribution >= 0.6 is 0 Å². The summed E-state index contributed by atoms with van der Waals surface area (Å²) in [5.74, 6) is 0. The molecule has 0 bridgehead atoms. The van der Waals surface area contributed by atoms with Crippen LogP contribution in [0.4, 0.5) is 4.79 Å². The molecular formula is C14H20N2O2. The summed E-state index contributed by atoms with van der Waals surface area (Å²) in [4.78, 5) is 13.2. The van der Waals surface area contributed by atoms with Gasteiger partial charge in [0, 0.05) is 19.3 Å². The summed E-state index contributed by atoms with van der Waals surface area (Å²) in [5.41, 5.74) is 2.23. The van der Waals surface area contributed by atoms with E-state index < -0.39 is 0 Å². The van der Waals surface area contributed by atoms with Gasteiger partial charge in [-0.3, -0.25) is 0 Å². The number of hydrogen-bond acceptors (Lipinski definition) is 2. The first-order valence-corrected chi connectivity index (χ1v) is 6.07. The van der Waals surface area contributed by atoms with E-state index >= 15 is 0 Å². The highest BCUT2D eigenvalue weighted by atomic mass is 16.3. The van der Waals surface area contributed by atoms with Gasteiger partial charge in [-0.1, -0.05) is 24.3 Å². The lowest BCUT2D eigenvalue weighted by Gasteiger charge is -2.18. The fourth-order valence-electron chi connectivity index (χ4n) is 1.59. The summed E-state index contributed by atoms with van der Waals surface area (Å²) in [6.07, 6.45) is 3.49. The molecule has 2 amide bonds. The zero-order valence-electron chi connectivity index (χ0n) is 10.9. The average molecular weight is 248 g/mol. The molecule has 1 aromatic carbocycles. The standard InChI is InChI=1S/C14H20N2O2/c1-3-16(10-11-17)14(18)15-9-8-13-7-5-4-6-12(13)2/h4-9,17H,3,10-11H2,1-2H3,(H,15,18)/b9-8+. The molecule has 0 unspecified atom stereocenters. The fraction of sp³-hybridized carbons (Fsp3) is 0.357. The first-order valence-electron chi connectivity index (χ1n) is 6.07. The van der Waals surface area contributed by atoms with Crippen molar-refractivity contribution in [1.29, 1.82) is 0 Å². The van der Waals surface area contributed by atoms with Crippen molar-refractivity contribution in [1.82, 2.24) is 10.2 Å². The van der Waals surface area contributed by atoms with Crippen LogP contribution in [0.5, 0.6) is 0 Å². The number of aryl methyl sites for hydroxylation is 1. The van der Waals surface area contributed by atoms with E-state index in [1.54, 1.807) is 11.1 Å². The van der Waals surface area contributed by atoms with Gasteiger partial charge in [0.25, 0.3) is 0 Å². The number of nitrogens with one attached hydrogen (secondary N) is 1. The van der Waals surface area contributed by atoms with Gasteiger partial charge in [-0.15, -0.1) is 0 Å². The number of aliphatic hydroxyl groups is 1. The molecule has 1 rings (SSSR count). The Morgan fingerprint density at radius 3 is 2.78 bits per heavy atom. The van der Waals surface area contributed by atoms with E-state index in [1.165, 1.54) is 0 Å². The summed E-state index contributed by atoms with van der Waals surface area (Å²) in [7, 11) is 0. The Morgan fingerprint density at radius 2 is 2.17 bits per heavy atom. The van der Waals surface area contributed by atoms with Crippen molar-refractivity contribution >= 4 is 12.1 Å². The third-order valence-electron chi connectivity index (χ3n) is 2.70. The van der Waals surface area contributed by atoms with Crippen LogP contribution in [0.25, 0.3) is 6.08 Å². The Hall–Kier alpha value is -1.81. The largest absolute Gasteiger partial charge is 0.395 e. The number of rotatable bonds is 5. The lowest BCUT2D eigenvalue weighted by molar-refractivity contribution is 0.183. The van der Waals surface area contributed by atoms with Gasteiger partial charge >= 0.3 is 6.03 Å². The van der Waals surface area contributed by atoms with E-state index in [0.29, 0.717) is 13.1 Å². The minimum atomic E-state index is -0.198. The van der Waals surface area contributed by atoms with Gasteiger partial charge in [-0.2, -0.15) is 0 Å². The number of carbonyl (C=O) groups excluding carboxylic acids is 1. The third kappa shape index (κ3) is 4.22. The summed E-state index contributed by atoms with van der Waals surface area (Å²) in [6, 6.07) is 7.75. The molecule has 0 aromatic heterocycles. The monoisotopic (exact) mass is 248 g/mol. The highest BCUT2D eigenvalue weighted by molar-refractivity contribution is 5.76. The van der Waals surface area contributed by atoms with Crippen LogP contribution in [-0.4, -0.2) is 35.7 Å². The highest BCUT2D eigenvalue weighted by Crippen LogP contribution is 2.08. The van der Waals surface area contributed by atoms with Crippen LogP contribution in [0.15, 0.2) is 30.5 Å². The summed E-state index contributed by atoms with van der Waals surface area (Å²) >= 11 is 0. The average Bonchev–Trinajstić information content (AvgIpc) is 2.38. The number of nitrogens with zero attached hydrogens (tertiary/aromatic N) is 1. The van der Waals surface area contributed by atoms with Crippen molar-refractivity contribution in [3.63, 3.8) is 0 Å². The molecule has 0 aliphatic rings. The molecule has 1 aromatic rings. The van der Waals surface area contributed by atoms with Gasteiger partial charge in [0.05, 0.1) is 6.61 Å². The van der Waals surface area contributed by atoms with Crippen molar-refractivity contribution in [2.24, 2.45) is 0 Å².